The Morgan fingerprint density at radius 1 is 1.29 bits per heavy atom. The van der Waals surface area contributed by atoms with E-state index in [2.05, 4.69) is 6.92 Å². The van der Waals surface area contributed by atoms with Crippen molar-refractivity contribution in [2.75, 3.05) is 6.61 Å². The quantitative estimate of drug-likeness (QED) is 0.488. The first kappa shape index (κ1) is 17.2. The average molecular weight is 292 g/mol. The third-order valence-electron chi connectivity index (χ3n) is 3.38. The van der Waals surface area contributed by atoms with Gasteiger partial charge in [-0.15, -0.1) is 0 Å². The van der Waals surface area contributed by atoms with Gasteiger partial charge in [-0.25, -0.2) is 4.79 Å². The van der Waals surface area contributed by atoms with E-state index >= 15 is 0 Å². The second kappa shape index (κ2) is 9.97. The molecule has 0 radical (unpaired) electrons. The van der Waals surface area contributed by atoms with E-state index < -0.39 is 0 Å². The molecule has 0 aliphatic rings. The van der Waals surface area contributed by atoms with Crippen molar-refractivity contribution in [3.63, 3.8) is 0 Å². The molecular formula is C17H24O4. The summed E-state index contributed by atoms with van der Waals surface area (Å²) in [5.41, 5.74) is 0.559. The molecule has 0 aliphatic carbocycles. The van der Waals surface area contributed by atoms with Crippen molar-refractivity contribution in [3.8, 4) is 0 Å². The summed E-state index contributed by atoms with van der Waals surface area (Å²) >= 11 is 0. The molecule has 4 nitrogen and oxygen atoms in total. The minimum absolute atomic E-state index is 0.153. The van der Waals surface area contributed by atoms with Crippen molar-refractivity contribution in [1.29, 1.82) is 0 Å². The molecule has 1 rings (SSSR count). The Morgan fingerprint density at radius 2 is 2.00 bits per heavy atom. The van der Waals surface area contributed by atoms with Crippen molar-refractivity contribution in [1.82, 2.24) is 0 Å². The average Bonchev–Trinajstić information content (AvgIpc) is 2.50. The van der Waals surface area contributed by atoms with Crippen LogP contribution in [-0.2, 0) is 14.3 Å². The maximum atomic E-state index is 11.9. The number of ether oxygens (including phenoxy) is 2. The maximum absolute atomic E-state index is 11.9. The van der Waals surface area contributed by atoms with E-state index in [1.54, 1.807) is 12.1 Å². The van der Waals surface area contributed by atoms with Gasteiger partial charge in [0, 0.05) is 0 Å². The molecule has 0 aliphatic heterocycles. The number of rotatable bonds is 10. The van der Waals surface area contributed by atoms with Gasteiger partial charge in [0.2, 0.25) is 0 Å². The van der Waals surface area contributed by atoms with Gasteiger partial charge in [0.1, 0.15) is 0 Å². The molecule has 1 aromatic carbocycles. The van der Waals surface area contributed by atoms with E-state index in [0.29, 0.717) is 25.1 Å². The third-order valence-corrected chi connectivity index (χ3v) is 3.38. The van der Waals surface area contributed by atoms with Crippen LogP contribution in [0.5, 0.6) is 0 Å². The predicted molar refractivity (Wildman–Crippen MR) is 81.0 cm³/mol. The molecule has 0 saturated heterocycles. The monoisotopic (exact) mass is 292 g/mol. The first-order chi connectivity index (χ1) is 10.2. The topological polar surface area (TPSA) is 52.6 Å². The largest absolute Gasteiger partial charge is 0.465 e. The zero-order valence-electron chi connectivity index (χ0n) is 12.8. The number of benzene rings is 1. The summed E-state index contributed by atoms with van der Waals surface area (Å²) in [4.78, 5) is 22.3. The molecule has 0 fully saturated rings. The fraction of sp³-hybridized carbons (Fsp3) is 0.529. The molecule has 2 atom stereocenters. The fourth-order valence-electron chi connectivity index (χ4n) is 2.23. The van der Waals surface area contributed by atoms with Gasteiger partial charge in [0.15, 0.2) is 0 Å². The second-order valence-electron chi connectivity index (χ2n) is 5.25. The van der Waals surface area contributed by atoms with E-state index in [1.807, 2.05) is 25.1 Å². The molecule has 0 amide bonds. The summed E-state index contributed by atoms with van der Waals surface area (Å²) in [5, 5.41) is 0. The molecule has 0 saturated carbocycles. The number of hydrogen-bond donors (Lipinski definition) is 0. The van der Waals surface area contributed by atoms with Crippen molar-refractivity contribution >= 4 is 12.4 Å². The van der Waals surface area contributed by atoms with Crippen molar-refractivity contribution in [2.24, 2.45) is 5.92 Å². The van der Waals surface area contributed by atoms with Gasteiger partial charge >= 0.3 is 5.97 Å². The van der Waals surface area contributed by atoms with Crippen molar-refractivity contribution in [2.45, 2.75) is 45.6 Å². The van der Waals surface area contributed by atoms with E-state index in [0.717, 1.165) is 19.3 Å². The highest BCUT2D eigenvalue weighted by Gasteiger charge is 2.16. The molecule has 4 heteroatoms. The van der Waals surface area contributed by atoms with Gasteiger partial charge < -0.3 is 9.47 Å². The highest BCUT2D eigenvalue weighted by molar-refractivity contribution is 5.89. The van der Waals surface area contributed by atoms with Crippen molar-refractivity contribution in [3.05, 3.63) is 35.9 Å². The molecule has 0 N–H and O–H groups in total. The molecule has 2 unspecified atom stereocenters. The molecule has 1 aromatic rings. The number of esters is 1. The molecule has 0 aromatic heterocycles. The summed E-state index contributed by atoms with van der Waals surface area (Å²) in [5.74, 6) is -0.0892. The summed E-state index contributed by atoms with van der Waals surface area (Å²) in [6.45, 7) is 4.81. The summed E-state index contributed by atoms with van der Waals surface area (Å²) in [6.07, 6.45) is 3.68. The van der Waals surface area contributed by atoms with Gasteiger partial charge in [0.25, 0.3) is 6.47 Å². The van der Waals surface area contributed by atoms with E-state index in [-0.39, 0.29) is 18.0 Å². The molecule has 116 valence electrons. The minimum Gasteiger partial charge on any atom is -0.465 e. The zero-order chi connectivity index (χ0) is 15.5. The summed E-state index contributed by atoms with van der Waals surface area (Å²) < 4.78 is 10.3. The van der Waals surface area contributed by atoms with Crippen LogP contribution in [0.25, 0.3) is 0 Å². The van der Waals surface area contributed by atoms with Crippen LogP contribution in [0, 0.1) is 5.92 Å². The number of hydrogen-bond acceptors (Lipinski definition) is 4. The Labute approximate surface area is 126 Å². The van der Waals surface area contributed by atoms with E-state index in [9.17, 15) is 9.59 Å². The summed E-state index contributed by atoms with van der Waals surface area (Å²) in [6, 6.07) is 8.96. The Kier molecular flexibility index (Phi) is 8.17. The SMILES string of the molecule is CCCCC(COC(=O)c1ccccc1)CC(C)OC=O. The second-order valence-corrected chi connectivity index (χ2v) is 5.25. The number of carbonyl (C=O) groups excluding carboxylic acids is 2. The van der Waals surface area contributed by atoms with Gasteiger partial charge in [-0.05, 0) is 37.8 Å². The van der Waals surface area contributed by atoms with Gasteiger partial charge in [-0.2, -0.15) is 0 Å². The fourth-order valence-corrected chi connectivity index (χ4v) is 2.23. The Balaban J connectivity index is 2.48. The molecule has 0 spiro atoms. The first-order valence-corrected chi connectivity index (χ1v) is 7.48. The lowest BCUT2D eigenvalue weighted by Gasteiger charge is -2.20. The van der Waals surface area contributed by atoms with Crippen LogP contribution in [-0.4, -0.2) is 25.2 Å². The Hall–Kier alpha value is -1.84. The van der Waals surface area contributed by atoms with Crippen LogP contribution in [0.1, 0.15) is 49.9 Å². The molecule has 0 bridgehead atoms. The smallest absolute Gasteiger partial charge is 0.338 e. The van der Waals surface area contributed by atoms with Crippen LogP contribution in [0.3, 0.4) is 0 Å². The summed E-state index contributed by atoms with van der Waals surface area (Å²) in [7, 11) is 0. The standard InChI is InChI=1S/C17H24O4/c1-3-4-8-15(11-14(2)21-13-18)12-20-17(19)16-9-6-5-7-10-16/h5-7,9-10,13-15H,3-4,8,11-12H2,1-2H3. The highest BCUT2D eigenvalue weighted by atomic mass is 16.5. The first-order valence-electron chi connectivity index (χ1n) is 7.48. The molecular weight excluding hydrogens is 268 g/mol. The van der Waals surface area contributed by atoms with Crippen molar-refractivity contribution < 1.29 is 19.1 Å². The van der Waals surface area contributed by atoms with Gasteiger partial charge in [0.05, 0.1) is 18.3 Å². The van der Waals surface area contributed by atoms with E-state index in [1.165, 1.54) is 0 Å². The maximum Gasteiger partial charge on any atom is 0.338 e. The normalized spacial score (nSPS) is 13.2. The van der Waals surface area contributed by atoms with Crippen LogP contribution < -0.4 is 0 Å². The van der Waals surface area contributed by atoms with Gasteiger partial charge in [-0.3, -0.25) is 4.79 Å². The molecule has 0 heterocycles. The van der Waals surface area contributed by atoms with Gasteiger partial charge in [-0.1, -0.05) is 38.0 Å². The zero-order valence-corrected chi connectivity index (χ0v) is 12.8. The van der Waals surface area contributed by atoms with Crippen LogP contribution in [0.15, 0.2) is 30.3 Å². The predicted octanol–water partition coefficient (Wildman–Crippen LogP) is 3.60. The van der Waals surface area contributed by atoms with Crippen LogP contribution >= 0.6 is 0 Å². The number of unbranched alkanes of at least 4 members (excludes halogenated alkanes) is 1. The highest BCUT2D eigenvalue weighted by Crippen LogP contribution is 2.17. The minimum atomic E-state index is -0.305. The lowest BCUT2D eigenvalue weighted by molar-refractivity contribution is -0.133. The lowest BCUT2D eigenvalue weighted by atomic mass is 9.97. The number of carbonyl (C=O) groups is 2. The van der Waals surface area contributed by atoms with Crippen LogP contribution in [0.2, 0.25) is 0 Å². The Bertz CT molecular complexity index is 416. The van der Waals surface area contributed by atoms with E-state index in [4.69, 9.17) is 9.47 Å². The third kappa shape index (κ3) is 6.93. The Morgan fingerprint density at radius 3 is 2.62 bits per heavy atom. The lowest BCUT2D eigenvalue weighted by Crippen LogP contribution is -2.20. The molecule has 21 heavy (non-hydrogen) atoms. The van der Waals surface area contributed by atoms with Crippen LogP contribution in [0.4, 0.5) is 0 Å².